The first-order valence-electron chi connectivity index (χ1n) is 10.9. The Labute approximate surface area is 183 Å². The van der Waals surface area contributed by atoms with Crippen LogP contribution < -0.4 is 9.47 Å². The number of unbranched alkanes of at least 4 members (excludes halogenated alkanes) is 2. The molecule has 4 rings (SSSR count). The lowest BCUT2D eigenvalue weighted by atomic mass is 9.95. The molecule has 3 aromatic rings. The fourth-order valence-electron chi connectivity index (χ4n) is 4.25. The van der Waals surface area contributed by atoms with Gasteiger partial charge in [0.2, 0.25) is 0 Å². The summed E-state index contributed by atoms with van der Waals surface area (Å²) in [4.78, 5) is 15.3. The Hall–Kier alpha value is -3.28. The van der Waals surface area contributed by atoms with Gasteiger partial charge in [-0.05, 0) is 31.0 Å². The molecule has 0 fully saturated rings. The van der Waals surface area contributed by atoms with E-state index in [2.05, 4.69) is 17.1 Å². The summed E-state index contributed by atoms with van der Waals surface area (Å²) >= 11 is 0. The number of nitrogens with one attached hydrogen (secondary N) is 1. The van der Waals surface area contributed by atoms with Gasteiger partial charge in [-0.25, -0.2) is 0 Å². The second-order valence-electron chi connectivity index (χ2n) is 7.68. The monoisotopic (exact) mass is 419 g/mol. The molecule has 0 aliphatic carbocycles. The van der Waals surface area contributed by atoms with Crippen LogP contribution in [0.5, 0.6) is 11.5 Å². The molecule has 0 spiro atoms. The Kier molecular flexibility index (Phi) is 6.26. The first kappa shape index (κ1) is 21.0. The summed E-state index contributed by atoms with van der Waals surface area (Å²) in [5, 5.41) is 7.54. The third-order valence-electron chi connectivity index (χ3n) is 5.72. The van der Waals surface area contributed by atoms with Gasteiger partial charge in [0, 0.05) is 17.7 Å². The topological polar surface area (TPSA) is 67.5 Å². The zero-order chi connectivity index (χ0) is 21.8. The maximum absolute atomic E-state index is 13.3. The first-order chi connectivity index (χ1) is 15.2. The highest BCUT2D eigenvalue weighted by atomic mass is 16.5. The molecule has 1 atom stereocenters. The standard InChI is InChI=1S/C25H29N3O3/c1-4-6-10-15-28-24(18-13-14-19(31-5-2)20(16-18)30-3)21-22(17-11-8-7-9-12-17)26-27-23(21)25(28)29/h7-9,11-14,16,24H,4-6,10,15H2,1-3H3,(H,26,27). The lowest BCUT2D eigenvalue weighted by Gasteiger charge is -2.27. The number of fused-ring (bicyclic) bond motifs is 1. The molecule has 2 aromatic carbocycles. The summed E-state index contributed by atoms with van der Waals surface area (Å²) in [6.07, 6.45) is 3.15. The number of hydrogen-bond donors (Lipinski definition) is 1. The zero-order valence-corrected chi connectivity index (χ0v) is 18.4. The second-order valence-corrected chi connectivity index (χ2v) is 7.68. The lowest BCUT2D eigenvalue weighted by Crippen LogP contribution is -2.30. The highest BCUT2D eigenvalue weighted by molar-refractivity contribution is 6.00. The molecule has 2 heterocycles. The van der Waals surface area contributed by atoms with Gasteiger partial charge in [0.05, 0.1) is 25.5 Å². The number of ether oxygens (including phenoxy) is 2. The van der Waals surface area contributed by atoms with E-state index in [0.717, 1.165) is 41.6 Å². The molecule has 1 amide bonds. The van der Waals surface area contributed by atoms with Crippen molar-refractivity contribution in [2.24, 2.45) is 0 Å². The molecular formula is C25H29N3O3. The fraction of sp³-hybridized carbons (Fsp3) is 0.360. The predicted molar refractivity (Wildman–Crippen MR) is 121 cm³/mol. The third kappa shape index (κ3) is 3.90. The summed E-state index contributed by atoms with van der Waals surface area (Å²) in [6, 6.07) is 15.7. The Morgan fingerprint density at radius 3 is 2.58 bits per heavy atom. The van der Waals surface area contributed by atoms with Crippen LogP contribution in [0.2, 0.25) is 0 Å². The predicted octanol–water partition coefficient (Wildman–Crippen LogP) is 5.22. The number of nitrogens with zero attached hydrogens (tertiary/aromatic N) is 2. The number of methoxy groups -OCH3 is 1. The lowest BCUT2D eigenvalue weighted by molar-refractivity contribution is 0.0740. The Morgan fingerprint density at radius 2 is 1.87 bits per heavy atom. The van der Waals surface area contributed by atoms with Gasteiger partial charge in [-0.2, -0.15) is 5.10 Å². The van der Waals surface area contributed by atoms with Gasteiger partial charge in [-0.15, -0.1) is 0 Å². The van der Waals surface area contributed by atoms with E-state index < -0.39 is 0 Å². The van der Waals surface area contributed by atoms with Crippen molar-refractivity contribution in [3.63, 3.8) is 0 Å². The van der Waals surface area contributed by atoms with E-state index in [-0.39, 0.29) is 11.9 Å². The normalized spacial score (nSPS) is 15.3. The number of aromatic amines is 1. The van der Waals surface area contributed by atoms with Gasteiger partial charge in [-0.3, -0.25) is 9.89 Å². The van der Waals surface area contributed by atoms with Gasteiger partial charge in [0.1, 0.15) is 5.69 Å². The van der Waals surface area contributed by atoms with Crippen LogP contribution in [-0.2, 0) is 0 Å². The molecular weight excluding hydrogens is 390 g/mol. The summed E-state index contributed by atoms with van der Waals surface area (Å²) < 4.78 is 11.3. The molecule has 1 aromatic heterocycles. The molecule has 0 bridgehead atoms. The highest BCUT2D eigenvalue weighted by Gasteiger charge is 2.42. The molecule has 1 unspecified atom stereocenters. The van der Waals surface area contributed by atoms with Crippen LogP contribution >= 0.6 is 0 Å². The minimum absolute atomic E-state index is 0.00126. The molecule has 0 saturated carbocycles. The van der Waals surface area contributed by atoms with Crippen molar-refractivity contribution in [2.45, 2.75) is 39.2 Å². The molecule has 0 saturated heterocycles. The van der Waals surface area contributed by atoms with Crippen LogP contribution in [0.15, 0.2) is 48.5 Å². The largest absolute Gasteiger partial charge is 0.493 e. The summed E-state index contributed by atoms with van der Waals surface area (Å²) in [6.45, 7) is 5.37. The van der Waals surface area contributed by atoms with Crippen molar-refractivity contribution in [1.82, 2.24) is 15.1 Å². The molecule has 1 aliphatic rings. The van der Waals surface area contributed by atoms with Crippen LogP contribution in [-0.4, -0.2) is 41.3 Å². The van der Waals surface area contributed by atoms with Crippen molar-refractivity contribution >= 4 is 5.91 Å². The Balaban J connectivity index is 1.82. The van der Waals surface area contributed by atoms with Gasteiger partial charge < -0.3 is 14.4 Å². The number of aromatic nitrogens is 2. The average molecular weight is 420 g/mol. The fourth-order valence-corrected chi connectivity index (χ4v) is 4.25. The molecule has 1 aliphatic heterocycles. The van der Waals surface area contributed by atoms with E-state index in [4.69, 9.17) is 9.47 Å². The summed E-state index contributed by atoms with van der Waals surface area (Å²) in [5.74, 6) is 1.36. The molecule has 6 heteroatoms. The van der Waals surface area contributed by atoms with Crippen molar-refractivity contribution in [3.8, 4) is 22.8 Å². The van der Waals surface area contributed by atoms with Crippen LogP contribution in [0.1, 0.15) is 60.8 Å². The minimum Gasteiger partial charge on any atom is -0.493 e. The Morgan fingerprint density at radius 1 is 1.06 bits per heavy atom. The van der Waals surface area contributed by atoms with E-state index in [0.29, 0.717) is 30.3 Å². The minimum atomic E-state index is -0.224. The van der Waals surface area contributed by atoms with Crippen LogP contribution in [0.4, 0.5) is 0 Å². The molecule has 1 N–H and O–H groups in total. The molecule has 0 radical (unpaired) electrons. The van der Waals surface area contributed by atoms with Crippen molar-refractivity contribution < 1.29 is 14.3 Å². The number of amides is 1. The van der Waals surface area contributed by atoms with E-state index in [1.165, 1.54) is 0 Å². The van der Waals surface area contributed by atoms with Crippen LogP contribution in [0, 0.1) is 0 Å². The summed E-state index contributed by atoms with van der Waals surface area (Å²) in [5.41, 5.74) is 4.31. The van der Waals surface area contributed by atoms with Crippen LogP contribution in [0.25, 0.3) is 11.3 Å². The van der Waals surface area contributed by atoms with Crippen molar-refractivity contribution in [2.75, 3.05) is 20.3 Å². The number of hydrogen-bond acceptors (Lipinski definition) is 4. The van der Waals surface area contributed by atoms with Gasteiger partial charge in [-0.1, -0.05) is 56.2 Å². The van der Waals surface area contributed by atoms with E-state index in [1.807, 2.05) is 60.4 Å². The number of rotatable bonds is 9. The SMILES string of the molecule is CCCCCN1C(=O)c2[nH]nc(-c3ccccc3)c2C1c1ccc(OCC)c(OC)c1. The van der Waals surface area contributed by atoms with E-state index in [9.17, 15) is 4.79 Å². The van der Waals surface area contributed by atoms with Gasteiger partial charge >= 0.3 is 0 Å². The Bertz CT molecular complexity index is 1050. The highest BCUT2D eigenvalue weighted by Crippen LogP contribution is 2.44. The quantitative estimate of drug-likeness (QED) is 0.483. The van der Waals surface area contributed by atoms with Crippen LogP contribution in [0.3, 0.4) is 0 Å². The zero-order valence-electron chi connectivity index (χ0n) is 18.4. The molecule has 6 nitrogen and oxygen atoms in total. The van der Waals surface area contributed by atoms with E-state index in [1.54, 1.807) is 7.11 Å². The maximum Gasteiger partial charge on any atom is 0.273 e. The van der Waals surface area contributed by atoms with Gasteiger partial charge in [0.15, 0.2) is 11.5 Å². The maximum atomic E-state index is 13.3. The molecule has 31 heavy (non-hydrogen) atoms. The first-order valence-corrected chi connectivity index (χ1v) is 10.9. The summed E-state index contributed by atoms with van der Waals surface area (Å²) in [7, 11) is 1.64. The smallest absolute Gasteiger partial charge is 0.273 e. The molecule has 162 valence electrons. The van der Waals surface area contributed by atoms with Crippen molar-refractivity contribution in [1.29, 1.82) is 0 Å². The number of benzene rings is 2. The average Bonchev–Trinajstić information content (AvgIpc) is 3.34. The third-order valence-corrected chi connectivity index (χ3v) is 5.72. The van der Waals surface area contributed by atoms with Crippen molar-refractivity contribution in [3.05, 3.63) is 65.4 Å². The number of carbonyl (C=O) groups excluding carboxylic acids is 1. The number of carbonyl (C=O) groups is 1. The van der Waals surface area contributed by atoms with E-state index >= 15 is 0 Å². The second kappa shape index (κ2) is 9.25. The number of H-pyrrole nitrogens is 1. The van der Waals surface area contributed by atoms with Gasteiger partial charge in [0.25, 0.3) is 5.91 Å².